The van der Waals surface area contributed by atoms with E-state index in [-0.39, 0.29) is 17.3 Å². The van der Waals surface area contributed by atoms with Gasteiger partial charge in [0.1, 0.15) is 16.9 Å². The molecule has 0 fully saturated rings. The molecule has 2 aromatic carbocycles. The molecule has 32 heavy (non-hydrogen) atoms. The SMILES string of the molecule is Cc1cccc(NC(=O)c2c(N)n(/N=C/c3ccncc3)c3nc4ccccc4nc23)c1. The fourth-order valence-corrected chi connectivity index (χ4v) is 3.48. The maximum Gasteiger partial charge on any atom is 0.261 e. The third-order valence-corrected chi connectivity index (χ3v) is 5.01. The van der Waals surface area contributed by atoms with Gasteiger partial charge in [-0.1, -0.05) is 24.3 Å². The van der Waals surface area contributed by atoms with Gasteiger partial charge in [0.2, 0.25) is 0 Å². The van der Waals surface area contributed by atoms with Crippen LogP contribution in [0.1, 0.15) is 21.5 Å². The highest BCUT2D eigenvalue weighted by Crippen LogP contribution is 2.28. The summed E-state index contributed by atoms with van der Waals surface area (Å²) in [6.07, 6.45) is 4.98. The van der Waals surface area contributed by atoms with E-state index in [4.69, 9.17) is 5.73 Å². The van der Waals surface area contributed by atoms with Gasteiger partial charge in [-0.3, -0.25) is 9.78 Å². The molecule has 0 aliphatic carbocycles. The first-order valence-electron chi connectivity index (χ1n) is 9.99. The van der Waals surface area contributed by atoms with Gasteiger partial charge in [-0.2, -0.15) is 9.78 Å². The Morgan fingerprint density at radius 2 is 1.78 bits per heavy atom. The lowest BCUT2D eigenvalue weighted by molar-refractivity contribution is 0.102. The monoisotopic (exact) mass is 421 g/mol. The van der Waals surface area contributed by atoms with E-state index < -0.39 is 0 Å². The summed E-state index contributed by atoms with van der Waals surface area (Å²) in [5, 5.41) is 7.40. The number of hydrogen-bond donors (Lipinski definition) is 2. The van der Waals surface area contributed by atoms with Crippen LogP contribution in [0.25, 0.3) is 22.2 Å². The lowest BCUT2D eigenvalue weighted by atomic mass is 10.2. The van der Waals surface area contributed by atoms with Gasteiger partial charge >= 0.3 is 0 Å². The summed E-state index contributed by atoms with van der Waals surface area (Å²) in [6.45, 7) is 1.96. The van der Waals surface area contributed by atoms with E-state index in [0.717, 1.165) is 11.1 Å². The number of fused-ring (bicyclic) bond motifs is 2. The Morgan fingerprint density at radius 1 is 1.03 bits per heavy atom. The molecule has 1 amide bonds. The molecule has 8 nitrogen and oxygen atoms in total. The predicted octanol–water partition coefficient (Wildman–Crippen LogP) is 4.00. The van der Waals surface area contributed by atoms with Crippen LogP contribution in [0.2, 0.25) is 0 Å². The van der Waals surface area contributed by atoms with Crippen LogP contribution in [0, 0.1) is 6.92 Å². The number of benzene rings is 2. The van der Waals surface area contributed by atoms with Gasteiger partial charge in [-0.15, -0.1) is 0 Å². The van der Waals surface area contributed by atoms with E-state index in [1.807, 2.05) is 67.6 Å². The van der Waals surface area contributed by atoms with Crippen LogP contribution in [0.4, 0.5) is 11.5 Å². The highest BCUT2D eigenvalue weighted by molar-refractivity contribution is 6.16. The average Bonchev–Trinajstić information content (AvgIpc) is 3.07. The van der Waals surface area contributed by atoms with Crippen molar-refractivity contribution in [2.75, 3.05) is 11.1 Å². The molecule has 156 valence electrons. The van der Waals surface area contributed by atoms with Crippen molar-refractivity contribution in [3.63, 3.8) is 0 Å². The molecule has 0 saturated heterocycles. The summed E-state index contributed by atoms with van der Waals surface area (Å²) in [5.41, 5.74) is 11.3. The van der Waals surface area contributed by atoms with Crippen molar-refractivity contribution >= 4 is 45.8 Å². The Bertz CT molecular complexity index is 1490. The van der Waals surface area contributed by atoms with E-state index in [2.05, 4.69) is 25.4 Å². The van der Waals surface area contributed by atoms with Crippen LogP contribution in [0.5, 0.6) is 0 Å². The van der Waals surface area contributed by atoms with E-state index in [1.54, 1.807) is 18.6 Å². The second kappa shape index (κ2) is 7.92. The van der Waals surface area contributed by atoms with Gasteiger partial charge in [-0.25, -0.2) is 9.97 Å². The smallest absolute Gasteiger partial charge is 0.261 e. The van der Waals surface area contributed by atoms with Crippen LogP contribution >= 0.6 is 0 Å². The Hall–Kier alpha value is -4.59. The van der Waals surface area contributed by atoms with E-state index in [9.17, 15) is 4.79 Å². The normalized spacial score (nSPS) is 11.4. The predicted molar refractivity (Wildman–Crippen MR) is 126 cm³/mol. The molecule has 8 heteroatoms. The first kappa shape index (κ1) is 19.4. The van der Waals surface area contributed by atoms with Gasteiger partial charge < -0.3 is 11.1 Å². The van der Waals surface area contributed by atoms with E-state index >= 15 is 0 Å². The average molecular weight is 421 g/mol. The minimum atomic E-state index is -0.374. The lowest BCUT2D eigenvalue weighted by Gasteiger charge is -2.06. The number of aryl methyl sites for hydroxylation is 1. The van der Waals surface area contributed by atoms with Crippen LogP contribution in [-0.4, -0.2) is 31.7 Å². The summed E-state index contributed by atoms with van der Waals surface area (Å²) < 4.78 is 1.44. The van der Waals surface area contributed by atoms with Crippen LogP contribution in [0.3, 0.4) is 0 Å². The minimum absolute atomic E-state index is 0.158. The topological polar surface area (TPSA) is 111 Å². The molecule has 0 spiro atoms. The number of nitrogens with two attached hydrogens (primary N) is 1. The van der Waals surface area contributed by atoms with Crippen LogP contribution in [-0.2, 0) is 0 Å². The number of nitrogens with one attached hydrogen (secondary N) is 1. The number of carbonyl (C=O) groups excluding carboxylic acids is 1. The molecule has 0 radical (unpaired) electrons. The third kappa shape index (κ3) is 3.54. The number of nitrogen functional groups attached to an aromatic ring is 1. The number of para-hydroxylation sites is 2. The van der Waals surface area contributed by atoms with E-state index in [0.29, 0.717) is 27.9 Å². The van der Waals surface area contributed by atoms with Gasteiger partial charge in [-0.05, 0) is 54.4 Å². The number of carbonyl (C=O) groups is 1. The molecule has 3 N–H and O–H groups in total. The fraction of sp³-hybridized carbons (Fsp3) is 0.0417. The lowest BCUT2D eigenvalue weighted by Crippen LogP contribution is -2.14. The maximum absolute atomic E-state index is 13.3. The van der Waals surface area contributed by atoms with E-state index in [1.165, 1.54) is 4.68 Å². The zero-order valence-corrected chi connectivity index (χ0v) is 17.2. The summed E-state index contributed by atoms with van der Waals surface area (Å²) >= 11 is 0. The highest BCUT2D eigenvalue weighted by Gasteiger charge is 2.24. The van der Waals surface area contributed by atoms with Crippen LogP contribution in [0.15, 0.2) is 78.2 Å². The Balaban J connectivity index is 1.67. The molecule has 0 atom stereocenters. The first-order valence-corrected chi connectivity index (χ1v) is 9.99. The fourth-order valence-electron chi connectivity index (χ4n) is 3.48. The van der Waals surface area contributed by atoms with Gasteiger partial charge in [0.05, 0.1) is 17.2 Å². The molecular weight excluding hydrogens is 402 g/mol. The van der Waals surface area contributed by atoms with Crippen molar-refractivity contribution < 1.29 is 4.79 Å². The highest BCUT2D eigenvalue weighted by atomic mass is 16.1. The number of pyridine rings is 1. The quantitative estimate of drug-likeness (QED) is 0.426. The Labute approximate surface area is 183 Å². The van der Waals surface area contributed by atoms with Crippen molar-refractivity contribution in [1.29, 1.82) is 0 Å². The first-order chi connectivity index (χ1) is 15.6. The van der Waals surface area contributed by atoms with Gasteiger partial charge in [0.15, 0.2) is 5.65 Å². The number of rotatable bonds is 4. The summed E-state index contributed by atoms with van der Waals surface area (Å²) in [6, 6.07) is 18.6. The number of anilines is 2. The summed E-state index contributed by atoms with van der Waals surface area (Å²) in [4.78, 5) is 26.6. The zero-order chi connectivity index (χ0) is 22.1. The van der Waals surface area contributed by atoms with Crippen molar-refractivity contribution in [1.82, 2.24) is 19.6 Å². The number of hydrogen-bond acceptors (Lipinski definition) is 6. The number of nitrogens with zero attached hydrogens (tertiary/aromatic N) is 5. The summed E-state index contributed by atoms with van der Waals surface area (Å²) in [5.74, 6) is -0.216. The Morgan fingerprint density at radius 3 is 2.53 bits per heavy atom. The zero-order valence-electron chi connectivity index (χ0n) is 17.2. The van der Waals surface area contributed by atoms with Crippen molar-refractivity contribution in [2.24, 2.45) is 5.10 Å². The number of aromatic nitrogens is 4. The number of amides is 1. The standard InChI is InChI=1S/C24H19N7O/c1-15-5-4-6-17(13-15)28-24(32)20-21-23(30-19-8-3-2-7-18(19)29-21)31(22(20)25)27-14-16-9-11-26-12-10-16/h2-14H,25H2,1H3,(H,28,32)/b27-14+. The molecule has 0 aliphatic rings. The van der Waals surface area contributed by atoms with Crippen molar-refractivity contribution in [3.05, 3.63) is 89.7 Å². The summed E-state index contributed by atoms with van der Waals surface area (Å²) in [7, 11) is 0. The van der Waals surface area contributed by atoms with Gasteiger partial charge in [0, 0.05) is 18.1 Å². The Kier molecular flexibility index (Phi) is 4.79. The molecule has 0 saturated carbocycles. The van der Waals surface area contributed by atoms with Crippen molar-refractivity contribution in [3.8, 4) is 0 Å². The van der Waals surface area contributed by atoms with Gasteiger partial charge in [0.25, 0.3) is 5.91 Å². The molecule has 5 rings (SSSR count). The molecule has 0 bridgehead atoms. The second-order valence-electron chi connectivity index (χ2n) is 7.31. The minimum Gasteiger partial charge on any atom is -0.383 e. The third-order valence-electron chi connectivity index (χ3n) is 5.01. The van der Waals surface area contributed by atoms with Crippen LogP contribution < -0.4 is 11.1 Å². The largest absolute Gasteiger partial charge is 0.383 e. The second-order valence-corrected chi connectivity index (χ2v) is 7.31. The molecule has 5 aromatic rings. The molecule has 0 aliphatic heterocycles. The molecule has 0 unspecified atom stereocenters. The molecular formula is C24H19N7O. The maximum atomic E-state index is 13.3. The molecule has 3 aromatic heterocycles. The van der Waals surface area contributed by atoms with Crippen molar-refractivity contribution in [2.45, 2.75) is 6.92 Å². The molecule has 3 heterocycles.